The summed E-state index contributed by atoms with van der Waals surface area (Å²) in [4.78, 5) is 21.9. The minimum atomic E-state index is -0.795. The second-order valence-corrected chi connectivity index (χ2v) is 3.60. The number of carbonyl (C=O) groups is 2. The van der Waals surface area contributed by atoms with E-state index in [9.17, 15) is 9.59 Å². The Kier molecular flexibility index (Phi) is 4.15. The van der Waals surface area contributed by atoms with E-state index in [4.69, 9.17) is 4.74 Å². The van der Waals surface area contributed by atoms with Gasteiger partial charge in [-0.05, 0) is 5.92 Å². The Labute approximate surface area is 88.0 Å². The van der Waals surface area contributed by atoms with Crippen LogP contribution in [0.5, 0.6) is 0 Å². The zero-order valence-electron chi connectivity index (χ0n) is 8.82. The lowest BCUT2D eigenvalue weighted by Gasteiger charge is -2.05. The Balaban J connectivity index is 2.29. The van der Waals surface area contributed by atoms with E-state index in [1.165, 1.54) is 0 Å². The van der Waals surface area contributed by atoms with Crippen LogP contribution in [0.2, 0.25) is 0 Å². The van der Waals surface area contributed by atoms with E-state index in [1.807, 2.05) is 13.8 Å². The quantitative estimate of drug-likeness (QED) is 0.406. The highest BCUT2D eigenvalue weighted by Gasteiger charge is 2.19. The van der Waals surface area contributed by atoms with Crippen molar-refractivity contribution in [3.8, 4) is 0 Å². The van der Waals surface area contributed by atoms with Gasteiger partial charge < -0.3 is 14.2 Å². The first-order valence-corrected chi connectivity index (χ1v) is 4.79. The standard InChI is InChI=1S/C10H14O5/c1-7(2)5-14-10(12)15-6-8-3-4-13-9(8)11/h6-7H,3-5H2,1-2H3/b8-6-. The number of cyclic esters (lactones) is 1. The summed E-state index contributed by atoms with van der Waals surface area (Å²) in [5, 5.41) is 0. The summed E-state index contributed by atoms with van der Waals surface area (Å²) < 4.78 is 14.0. The third-order valence-corrected chi connectivity index (χ3v) is 1.70. The Morgan fingerprint density at radius 2 is 2.33 bits per heavy atom. The van der Waals surface area contributed by atoms with Crippen molar-refractivity contribution in [3.05, 3.63) is 11.8 Å². The fourth-order valence-electron chi connectivity index (χ4n) is 0.943. The van der Waals surface area contributed by atoms with Crippen LogP contribution in [-0.2, 0) is 19.0 Å². The highest BCUT2D eigenvalue weighted by molar-refractivity contribution is 5.90. The van der Waals surface area contributed by atoms with Gasteiger partial charge in [-0.25, -0.2) is 9.59 Å². The highest BCUT2D eigenvalue weighted by Crippen LogP contribution is 2.12. The Morgan fingerprint density at radius 1 is 1.60 bits per heavy atom. The van der Waals surface area contributed by atoms with Crippen molar-refractivity contribution in [2.24, 2.45) is 5.92 Å². The van der Waals surface area contributed by atoms with Gasteiger partial charge in [0.05, 0.1) is 18.8 Å². The summed E-state index contributed by atoms with van der Waals surface area (Å²) in [6.07, 6.45) is 0.768. The van der Waals surface area contributed by atoms with Crippen molar-refractivity contribution in [1.29, 1.82) is 0 Å². The van der Waals surface area contributed by atoms with Gasteiger partial charge in [0, 0.05) is 6.42 Å². The average molecular weight is 214 g/mol. The van der Waals surface area contributed by atoms with Crippen molar-refractivity contribution >= 4 is 12.1 Å². The molecule has 1 fully saturated rings. The van der Waals surface area contributed by atoms with Gasteiger partial charge in [0.2, 0.25) is 0 Å². The molecule has 1 aliphatic rings. The topological polar surface area (TPSA) is 61.8 Å². The van der Waals surface area contributed by atoms with E-state index in [0.29, 0.717) is 25.2 Å². The summed E-state index contributed by atoms with van der Waals surface area (Å²) in [6.45, 7) is 4.47. The largest absolute Gasteiger partial charge is 0.513 e. The van der Waals surface area contributed by atoms with Crippen LogP contribution in [0, 0.1) is 5.92 Å². The third kappa shape index (κ3) is 4.01. The van der Waals surface area contributed by atoms with Crippen LogP contribution < -0.4 is 0 Å². The minimum Gasteiger partial charge on any atom is -0.462 e. The van der Waals surface area contributed by atoms with E-state index >= 15 is 0 Å². The number of carbonyl (C=O) groups excluding carboxylic acids is 2. The van der Waals surface area contributed by atoms with E-state index in [0.717, 1.165) is 6.26 Å². The molecule has 0 aromatic heterocycles. The molecule has 5 heteroatoms. The molecule has 0 amide bonds. The summed E-state index contributed by atoms with van der Waals surface area (Å²) in [6, 6.07) is 0. The maximum absolute atomic E-state index is 11.0. The van der Waals surface area contributed by atoms with Crippen LogP contribution in [0.4, 0.5) is 4.79 Å². The molecule has 0 N–H and O–H groups in total. The second-order valence-electron chi connectivity index (χ2n) is 3.60. The molecule has 0 radical (unpaired) electrons. The van der Waals surface area contributed by atoms with Crippen LogP contribution in [0.1, 0.15) is 20.3 Å². The molecule has 0 aliphatic carbocycles. The molecule has 0 atom stereocenters. The number of ether oxygens (including phenoxy) is 3. The summed E-state index contributed by atoms with van der Waals surface area (Å²) >= 11 is 0. The van der Waals surface area contributed by atoms with Crippen molar-refractivity contribution in [2.45, 2.75) is 20.3 Å². The zero-order valence-corrected chi connectivity index (χ0v) is 8.82. The first-order chi connectivity index (χ1) is 7.09. The van der Waals surface area contributed by atoms with Gasteiger partial charge in [0.25, 0.3) is 0 Å². The fraction of sp³-hybridized carbons (Fsp3) is 0.600. The third-order valence-electron chi connectivity index (χ3n) is 1.70. The molecular weight excluding hydrogens is 200 g/mol. The normalized spacial score (nSPS) is 18.1. The van der Waals surface area contributed by atoms with Crippen molar-refractivity contribution in [2.75, 3.05) is 13.2 Å². The van der Waals surface area contributed by atoms with Crippen molar-refractivity contribution in [3.63, 3.8) is 0 Å². The SMILES string of the molecule is CC(C)COC(=O)O/C=C1/CCOC1=O. The molecule has 1 heterocycles. The lowest BCUT2D eigenvalue weighted by molar-refractivity contribution is -0.135. The molecule has 5 nitrogen and oxygen atoms in total. The predicted molar refractivity (Wildman–Crippen MR) is 50.9 cm³/mol. The highest BCUT2D eigenvalue weighted by atomic mass is 16.7. The monoisotopic (exact) mass is 214 g/mol. The van der Waals surface area contributed by atoms with Crippen LogP contribution in [0.15, 0.2) is 11.8 Å². The molecule has 84 valence electrons. The summed E-state index contributed by atoms with van der Waals surface area (Å²) in [5.41, 5.74) is 0.358. The number of hydrogen-bond donors (Lipinski definition) is 0. The maximum atomic E-state index is 11.0. The lowest BCUT2D eigenvalue weighted by atomic mass is 10.2. The van der Waals surface area contributed by atoms with E-state index in [2.05, 4.69) is 9.47 Å². The van der Waals surface area contributed by atoms with Gasteiger partial charge in [0.1, 0.15) is 6.26 Å². The van der Waals surface area contributed by atoms with Crippen molar-refractivity contribution < 1.29 is 23.8 Å². The fourth-order valence-corrected chi connectivity index (χ4v) is 0.943. The molecule has 0 bridgehead atoms. The Bertz CT molecular complexity index is 280. The molecule has 0 saturated carbocycles. The number of hydrogen-bond acceptors (Lipinski definition) is 5. The minimum absolute atomic E-state index is 0.252. The van der Waals surface area contributed by atoms with Crippen LogP contribution in [0.3, 0.4) is 0 Å². The molecule has 0 spiro atoms. The van der Waals surface area contributed by atoms with Crippen LogP contribution >= 0.6 is 0 Å². The Hall–Kier alpha value is -1.52. The van der Waals surface area contributed by atoms with Crippen LogP contribution in [-0.4, -0.2) is 25.3 Å². The lowest BCUT2D eigenvalue weighted by Crippen LogP contribution is -2.09. The first-order valence-electron chi connectivity index (χ1n) is 4.79. The molecule has 15 heavy (non-hydrogen) atoms. The molecule has 1 aliphatic heterocycles. The molecule has 1 rings (SSSR count). The predicted octanol–water partition coefficient (Wildman–Crippen LogP) is 1.63. The summed E-state index contributed by atoms with van der Waals surface area (Å²) in [5.74, 6) is -0.187. The van der Waals surface area contributed by atoms with Gasteiger partial charge in [-0.3, -0.25) is 0 Å². The van der Waals surface area contributed by atoms with E-state index in [-0.39, 0.29) is 5.92 Å². The van der Waals surface area contributed by atoms with Gasteiger partial charge in [0.15, 0.2) is 0 Å². The molecule has 0 aromatic rings. The van der Waals surface area contributed by atoms with Crippen molar-refractivity contribution in [1.82, 2.24) is 0 Å². The van der Waals surface area contributed by atoms with Gasteiger partial charge >= 0.3 is 12.1 Å². The smallest absolute Gasteiger partial charge is 0.462 e. The molecule has 1 saturated heterocycles. The molecular formula is C10H14O5. The van der Waals surface area contributed by atoms with Gasteiger partial charge in [-0.15, -0.1) is 0 Å². The van der Waals surface area contributed by atoms with Gasteiger partial charge in [-0.1, -0.05) is 13.8 Å². The Morgan fingerprint density at radius 3 is 2.87 bits per heavy atom. The second kappa shape index (κ2) is 5.38. The van der Waals surface area contributed by atoms with E-state index < -0.39 is 12.1 Å². The number of rotatable bonds is 3. The first kappa shape index (κ1) is 11.6. The van der Waals surface area contributed by atoms with Crippen LogP contribution in [0.25, 0.3) is 0 Å². The maximum Gasteiger partial charge on any atom is 0.513 e. The van der Waals surface area contributed by atoms with E-state index in [1.54, 1.807) is 0 Å². The number of esters is 1. The zero-order chi connectivity index (χ0) is 11.3. The average Bonchev–Trinajstić information content (AvgIpc) is 2.58. The summed E-state index contributed by atoms with van der Waals surface area (Å²) in [7, 11) is 0. The van der Waals surface area contributed by atoms with Gasteiger partial charge in [-0.2, -0.15) is 0 Å². The molecule has 0 unspecified atom stereocenters. The molecule has 0 aromatic carbocycles.